The van der Waals surface area contributed by atoms with E-state index in [4.69, 9.17) is 5.73 Å². The fraction of sp³-hybridized carbons (Fsp3) is 1.00. The second-order valence-corrected chi connectivity index (χ2v) is 4.84. The van der Waals surface area contributed by atoms with Crippen molar-refractivity contribution in [3.8, 4) is 0 Å². The monoisotopic (exact) mass is 207 g/mol. The minimum absolute atomic E-state index is 0.114. The molecule has 2 saturated carbocycles. The summed E-state index contributed by atoms with van der Waals surface area (Å²) in [6, 6.07) is 0. The molecule has 4 heteroatoms. The predicted molar refractivity (Wildman–Crippen MR) is 47.7 cm³/mol. The summed E-state index contributed by atoms with van der Waals surface area (Å²) in [7, 11) is 0. The molecule has 2 unspecified atom stereocenters. The van der Waals surface area contributed by atoms with E-state index in [9.17, 15) is 13.2 Å². The molecule has 1 nitrogen and oxygen atoms in total. The van der Waals surface area contributed by atoms with Crippen molar-refractivity contribution in [3.63, 3.8) is 0 Å². The highest BCUT2D eigenvalue weighted by molar-refractivity contribution is 5.05. The second kappa shape index (κ2) is 3.12. The van der Waals surface area contributed by atoms with Gasteiger partial charge < -0.3 is 5.73 Å². The van der Waals surface area contributed by atoms with E-state index in [1.807, 2.05) is 0 Å². The van der Waals surface area contributed by atoms with Gasteiger partial charge in [-0.3, -0.25) is 0 Å². The zero-order valence-corrected chi connectivity index (χ0v) is 8.11. The molecule has 2 aliphatic carbocycles. The first-order chi connectivity index (χ1) is 6.42. The Balaban J connectivity index is 1.97. The van der Waals surface area contributed by atoms with Gasteiger partial charge >= 0.3 is 6.18 Å². The van der Waals surface area contributed by atoms with Gasteiger partial charge in [0, 0.05) is 5.54 Å². The molecular weight excluding hydrogens is 191 g/mol. The molecule has 2 fully saturated rings. The molecule has 2 rings (SSSR count). The van der Waals surface area contributed by atoms with E-state index in [-0.39, 0.29) is 17.9 Å². The van der Waals surface area contributed by atoms with E-state index in [1.54, 1.807) is 0 Å². The summed E-state index contributed by atoms with van der Waals surface area (Å²) in [5.74, 6) is -0.981. The lowest BCUT2D eigenvalue weighted by atomic mass is 9.76. The van der Waals surface area contributed by atoms with Gasteiger partial charge in [0.2, 0.25) is 0 Å². The molecule has 0 heterocycles. The van der Waals surface area contributed by atoms with Crippen LogP contribution in [0.25, 0.3) is 0 Å². The van der Waals surface area contributed by atoms with Crippen molar-refractivity contribution in [1.29, 1.82) is 0 Å². The fourth-order valence-electron chi connectivity index (χ4n) is 2.56. The van der Waals surface area contributed by atoms with Gasteiger partial charge in [0.1, 0.15) is 0 Å². The maximum absolute atomic E-state index is 12.5. The van der Waals surface area contributed by atoms with Crippen LogP contribution in [0.15, 0.2) is 0 Å². The zero-order chi connectivity index (χ0) is 10.4. The number of rotatable bonds is 1. The van der Waals surface area contributed by atoms with Crippen LogP contribution in [0.5, 0.6) is 0 Å². The predicted octanol–water partition coefficient (Wildman–Crippen LogP) is 2.85. The van der Waals surface area contributed by atoms with Crippen molar-refractivity contribution in [2.24, 2.45) is 17.6 Å². The van der Waals surface area contributed by atoms with Gasteiger partial charge in [-0.25, -0.2) is 0 Å². The lowest BCUT2D eigenvalue weighted by molar-refractivity contribution is -0.186. The maximum atomic E-state index is 12.5. The zero-order valence-electron chi connectivity index (χ0n) is 8.11. The lowest BCUT2D eigenvalue weighted by Crippen LogP contribution is -2.39. The Morgan fingerprint density at radius 1 is 1.14 bits per heavy atom. The topological polar surface area (TPSA) is 26.0 Å². The molecule has 0 radical (unpaired) electrons. The molecule has 0 amide bonds. The fourth-order valence-corrected chi connectivity index (χ4v) is 2.56. The second-order valence-electron chi connectivity index (χ2n) is 4.84. The molecule has 0 aromatic rings. The number of halogens is 3. The summed E-state index contributed by atoms with van der Waals surface area (Å²) in [5, 5.41) is 0. The van der Waals surface area contributed by atoms with Crippen LogP contribution >= 0.6 is 0 Å². The molecule has 0 aliphatic heterocycles. The van der Waals surface area contributed by atoms with E-state index in [1.165, 1.54) is 0 Å². The Labute approximate surface area is 81.8 Å². The quantitative estimate of drug-likeness (QED) is 0.703. The summed E-state index contributed by atoms with van der Waals surface area (Å²) in [6.07, 6.45) is -0.0264. The number of hydrogen-bond acceptors (Lipinski definition) is 1. The van der Waals surface area contributed by atoms with Crippen LogP contribution in [0.3, 0.4) is 0 Å². The summed E-state index contributed by atoms with van der Waals surface area (Å²) >= 11 is 0. The molecule has 14 heavy (non-hydrogen) atoms. The van der Waals surface area contributed by atoms with Crippen LogP contribution in [0, 0.1) is 11.8 Å². The van der Waals surface area contributed by atoms with E-state index >= 15 is 0 Å². The van der Waals surface area contributed by atoms with Gasteiger partial charge in [-0.2, -0.15) is 13.2 Å². The SMILES string of the molecule is NC1(C2CCCC(C(F)(F)F)C2)CC1. The number of alkyl halides is 3. The number of nitrogens with two attached hydrogens (primary N) is 1. The summed E-state index contributed by atoms with van der Waals surface area (Å²) in [6.45, 7) is 0. The summed E-state index contributed by atoms with van der Waals surface area (Å²) in [5.41, 5.74) is 5.73. The van der Waals surface area contributed by atoms with E-state index < -0.39 is 12.1 Å². The van der Waals surface area contributed by atoms with Crippen molar-refractivity contribution in [2.45, 2.75) is 50.2 Å². The van der Waals surface area contributed by atoms with E-state index in [0.29, 0.717) is 12.8 Å². The molecule has 82 valence electrons. The molecule has 2 N–H and O–H groups in total. The first-order valence-corrected chi connectivity index (χ1v) is 5.27. The van der Waals surface area contributed by atoms with Gasteiger partial charge in [0.05, 0.1) is 5.92 Å². The first-order valence-electron chi connectivity index (χ1n) is 5.27. The average molecular weight is 207 g/mol. The van der Waals surface area contributed by atoms with Gasteiger partial charge in [-0.1, -0.05) is 6.42 Å². The lowest BCUT2D eigenvalue weighted by Gasteiger charge is -2.33. The Morgan fingerprint density at radius 3 is 2.29 bits per heavy atom. The molecule has 0 saturated heterocycles. The Bertz CT molecular complexity index is 209. The van der Waals surface area contributed by atoms with Crippen molar-refractivity contribution < 1.29 is 13.2 Å². The third-order valence-corrected chi connectivity index (χ3v) is 3.78. The van der Waals surface area contributed by atoms with Crippen LogP contribution in [0.4, 0.5) is 13.2 Å². The van der Waals surface area contributed by atoms with Crippen molar-refractivity contribution in [2.75, 3.05) is 0 Å². The molecule has 0 bridgehead atoms. The summed E-state index contributed by atoms with van der Waals surface area (Å²) in [4.78, 5) is 0. The van der Waals surface area contributed by atoms with Gasteiger partial charge in [-0.15, -0.1) is 0 Å². The standard InChI is InChI=1S/C10H16F3N/c11-10(12,13)8-3-1-2-7(6-8)9(14)4-5-9/h7-8H,1-6,14H2. The highest BCUT2D eigenvalue weighted by Crippen LogP contribution is 2.50. The minimum atomic E-state index is -4.01. The Hall–Kier alpha value is -0.250. The Kier molecular flexibility index (Phi) is 2.29. The van der Waals surface area contributed by atoms with Crippen LogP contribution in [-0.4, -0.2) is 11.7 Å². The molecule has 2 aliphatic rings. The molecular formula is C10H16F3N. The largest absolute Gasteiger partial charge is 0.391 e. The highest BCUT2D eigenvalue weighted by Gasteiger charge is 2.51. The van der Waals surface area contributed by atoms with Crippen molar-refractivity contribution in [1.82, 2.24) is 0 Å². The van der Waals surface area contributed by atoms with E-state index in [2.05, 4.69) is 0 Å². The van der Waals surface area contributed by atoms with Gasteiger partial charge in [0.15, 0.2) is 0 Å². The minimum Gasteiger partial charge on any atom is -0.325 e. The van der Waals surface area contributed by atoms with Crippen molar-refractivity contribution >= 4 is 0 Å². The van der Waals surface area contributed by atoms with E-state index in [0.717, 1.165) is 19.3 Å². The number of hydrogen-bond donors (Lipinski definition) is 1. The molecule has 0 aromatic heterocycles. The van der Waals surface area contributed by atoms with Gasteiger partial charge in [-0.05, 0) is 38.0 Å². The molecule has 0 aromatic carbocycles. The average Bonchev–Trinajstić information content (AvgIpc) is 2.84. The molecule has 2 atom stereocenters. The molecule has 0 spiro atoms. The smallest absolute Gasteiger partial charge is 0.325 e. The third kappa shape index (κ3) is 1.90. The third-order valence-electron chi connectivity index (χ3n) is 3.78. The van der Waals surface area contributed by atoms with Gasteiger partial charge in [0.25, 0.3) is 0 Å². The highest BCUT2D eigenvalue weighted by atomic mass is 19.4. The van der Waals surface area contributed by atoms with Crippen LogP contribution in [-0.2, 0) is 0 Å². The van der Waals surface area contributed by atoms with Crippen LogP contribution in [0.1, 0.15) is 38.5 Å². The van der Waals surface area contributed by atoms with Crippen LogP contribution in [0.2, 0.25) is 0 Å². The normalized spacial score (nSPS) is 36.9. The van der Waals surface area contributed by atoms with Crippen LogP contribution < -0.4 is 5.73 Å². The summed E-state index contributed by atoms with van der Waals surface area (Å²) < 4.78 is 37.4. The first kappa shape index (κ1) is 10.3. The van der Waals surface area contributed by atoms with Crippen molar-refractivity contribution in [3.05, 3.63) is 0 Å². The maximum Gasteiger partial charge on any atom is 0.391 e. The Morgan fingerprint density at radius 2 is 1.79 bits per heavy atom.